The molecule has 0 aromatic rings. The van der Waals surface area contributed by atoms with Gasteiger partial charge in [-0.1, -0.05) is 6.92 Å². The number of amides is 1. The zero-order valence-corrected chi connectivity index (χ0v) is 11.3. The first-order chi connectivity index (χ1) is 9.28. The SMILES string of the molecule is C[C@H]1CC[C@H](C2CC2)N(C(=O)C(=O)OCC(F)(F)F)C1. The van der Waals surface area contributed by atoms with E-state index in [4.69, 9.17) is 0 Å². The Kier molecular flexibility index (Phi) is 4.25. The number of rotatable bonds is 2. The van der Waals surface area contributed by atoms with E-state index in [-0.39, 0.29) is 12.0 Å². The number of hydrogen-bond acceptors (Lipinski definition) is 3. The Hall–Kier alpha value is -1.27. The molecule has 0 N–H and O–H groups in total. The second kappa shape index (κ2) is 5.61. The van der Waals surface area contributed by atoms with Crippen molar-refractivity contribution in [3.63, 3.8) is 0 Å². The van der Waals surface area contributed by atoms with Crippen LogP contribution in [0.3, 0.4) is 0 Å². The number of nitrogens with zero attached hydrogens (tertiary/aromatic N) is 1. The Labute approximate surface area is 115 Å². The summed E-state index contributed by atoms with van der Waals surface area (Å²) in [4.78, 5) is 24.9. The predicted octanol–water partition coefficient (Wildman–Crippen LogP) is 2.13. The minimum atomic E-state index is -4.61. The van der Waals surface area contributed by atoms with Crippen molar-refractivity contribution in [2.45, 2.75) is 44.8 Å². The van der Waals surface area contributed by atoms with Gasteiger partial charge in [0.1, 0.15) is 0 Å². The van der Waals surface area contributed by atoms with Crippen LogP contribution in [0.1, 0.15) is 32.6 Å². The van der Waals surface area contributed by atoms with Crippen molar-refractivity contribution in [3.8, 4) is 0 Å². The lowest BCUT2D eigenvalue weighted by Crippen LogP contribution is -2.50. The van der Waals surface area contributed by atoms with Crippen molar-refractivity contribution in [1.82, 2.24) is 4.90 Å². The van der Waals surface area contributed by atoms with Crippen LogP contribution in [0.5, 0.6) is 0 Å². The van der Waals surface area contributed by atoms with Crippen LogP contribution in [0.4, 0.5) is 13.2 Å². The number of piperidine rings is 1. The van der Waals surface area contributed by atoms with Crippen LogP contribution in [0.2, 0.25) is 0 Å². The van der Waals surface area contributed by atoms with Gasteiger partial charge >= 0.3 is 18.1 Å². The Morgan fingerprint density at radius 3 is 2.40 bits per heavy atom. The molecule has 2 atom stereocenters. The van der Waals surface area contributed by atoms with Gasteiger partial charge in [-0.15, -0.1) is 0 Å². The zero-order valence-electron chi connectivity index (χ0n) is 11.3. The summed E-state index contributed by atoms with van der Waals surface area (Å²) in [6, 6.07) is -0.0165. The van der Waals surface area contributed by atoms with Gasteiger partial charge in [-0.2, -0.15) is 13.2 Å². The molecular weight excluding hydrogens is 275 g/mol. The minimum absolute atomic E-state index is 0.0165. The highest BCUT2D eigenvalue weighted by Crippen LogP contribution is 2.40. The lowest BCUT2D eigenvalue weighted by Gasteiger charge is -2.38. The second-order valence-electron chi connectivity index (χ2n) is 5.74. The lowest BCUT2D eigenvalue weighted by atomic mass is 9.91. The predicted molar refractivity (Wildman–Crippen MR) is 63.6 cm³/mol. The van der Waals surface area contributed by atoms with Crippen molar-refractivity contribution in [2.75, 3.05) is 13.2 Å². The average molecular weight is 293 g/mol. The summed E-state index contributed by atoms with van der Waals surface area (Å²) in [5, 5.41) is 0. The van der Waals surface area contributed by atoms with Gasteiger partial charge in [0.2, 0.25) is 0 Å². The van der Waals surface area contributed by atoms with Gasteiger partial charge in [0, 0.05) is 12.6 Å². The highest BCUT2D eigenvalue weighted by Gasteiger charge is 2.42. The lowest BCUT2D eigenvalue weighted by molar-refractivity contribution is -0.190. The van der Waals surface area contributed by atoms with Crippen LogP contribution >= 0.6 is 0 Å². The van der Waals surface area contributed by atoms with Crippen molar-refractivity contribution < 1.29 is 27.5 Å². The Balaban J connectivity index is 1.95. The highest BCUT2D eigenvalue weighted by atomic mass is 19.4. The minimum Gasteiger partial charge on any atom is -0.449 e. The summed E-state index contributed by atoms with van der Waals surface area (Å²) in [7, 11) is 0. The van der Waals surface area contributed by atoms with E-state index in [1.165, 1.54) is 4.90 Å². The molecule has 1 aliphatic heterocycles. The number of ether oxygens (including phenoxy) is 1. The van der Waals surface area contributed by atoms with Crippen LogP contribution in [-0.4, -0.2) is 42.1 Å². The van der Waals surface area contributed by atoms with E-state index in [0.717, 1.165) is 25.7 Å². The van der Waals surface area contributed by atoms with Crippen LogP contribution in [0, 0.1) is 11.8 Å². The first kappa shape index (κ1) is 15.1. The van der Waals surface area contributed by atoms with E-state index < -0.39 is 24.7 Å². The fourth-order valence-corrected chi connectivity index (χ4v) is 2.70. The molecule has 1 heterocycles. The number of likely N-dealkylation sites (tertiary alicyclic amines) is 1. The third-order valence-electron chi connectivity index (χ3n) is 3.83. The highest BCUT2D eigenvalue weighted by molar-refractivity contribution is 6.32. The third-order valence-corrected chi connectivity index (χ3v) is 3.83. The van der Waals surface area contributed by atoms with Crippen molar-refractivity contribution in [2.24, 2.45) is 11.8 Å². The van der Waals surface area contributed by atoms with E-state index >= 15 is 0 Å². The Bertz CT molecular complexity index is 393. The summed E-state index contributed by atoms with van der Waals surface area (Å²) < 4.78 is 40.0. The molecule has 0 radical (unpaired) electrons. The largest absolute Gasteiger partial charge is 0.449 e. The molecule has 0 aromatic carbocycles. The van der Waals surface area contributed by atoms with Gasteiger partial charge in [-0.3, -0.25) is 4.79 Å². The Morgan fingerprint density at radius 2 is 1.85 bits per heavy atom. The molecule has 0 spiro atoms. The first-order valence-electron chi connectivity index (χ1n) is 6.82. The Morgan fingerprint density at radius 1 is 1.20 bits per heavy atom. The number of carbonyl (C=O) groups excluding carboxylic acids is 2. The molecule has 4 nitrogen and oxygen atoms in total. The topological polar surface area (TPSA) is 46.6 Å². The maximum Gasteiger partial charge on any atom is 0.422 e. The number of alkyl halides is 3. The van der Waals surface area contributed by atoms with E-state index in [1.807, 2.05) is 6.92 Å². The molecule has 7 heteroatoms. The normalized spacial score (nSPS) is 27.3. The van der Waals surface area contributed by atoms with Crippen molar-refractivity contribution >= 4 is 11.9 Å². The van der Waals surface area contributed by atoms with Gasteiger partial charge in [0.25, 0.3) is 0 Å². The summed E-state index contributed by atoms with van der Waals surface area (Å²) in [6.45, 7) is 0.667. The molecule has 2 rings (SSSR count). The number of carbonyl (C=O) groups is 2. The zero-order chi connectivity index (χ0) is 14.9. The van der Waals surface area contributed by atoms with Gasteiger partial charge in [0.05, 0.1) is 0 Å². The van der Waals surface area contributed by atoms with Gasteiger partial charge in [-0.05, 0) is 37.5 Å². The molecule has 0 bridgehead atoms. The van der Waals surface area contributed by atoms with Gasteiger partial charge in [0.15, 0.2) is 6.61 Å². The second-order valence-corrected chi connectivity index (χ2v) is 5.74. The molecule has 2 aliphatic rings. The molecule has 114 valence electrons. The summed E-state index contributed by atoms with van der Waals surface area (Å²) in [5.74, 6) is -1.69. The standard InChI is InChI=1S/C13H18F3NO3/c1-8-2-5-10(9-3-4-9)17(6-8)11(18)12(19)20-7-13(14,15)16/h8-10H,2-7H2,1H3/t8-,10+/m0/s1. The van der Waals surface area contributed by atoms with Crippen LogP contribution in [0.25, 0.3) is 0 Å². The maximum absolute atomic E-state index is 12.0. The van der Waals surface area contributed by atoms with E-state index in [2.05, 4.69) is 4.74 Å². The monoisotopic (exact) mass is 293 g/mol. The summed E-state index contributed by atoms with van der Waals surface area (Å²) in [6.07, 6.45) is -0.797. The quantitative estimate of drug-likeness (QED) is 0.579. The fourth-order valence-electron chi connectivity index (χ4n) is 2.70. The smallest absolute Gasteiger partial charge is 0.422 e. The number of hydrogen-bond donors (Lipinski definition) is 0. The molecule has 1 saturated carbocycles. The van der Waals surface area contributed by atoms with Crippen LogP contribution < -0.4 is 0 Å². The van der Waals surface area contributed by atoms with Crippen molar-refractivity contribution in [3.05, 3.63) is 0 Å². The van der Waals surface area contributed by atoms with E-state index in [0.29, 0.717) is 12.5 Å². The maximum atomic E-state index is 12.0. The molecule has 1 amide bonds. The summed E-state index contributed by atoms with van der Waals surface area (Å²) in [5.41, 5.74) is 0. The average Bonchev–Trinajstić information content (AvgIpc) is 3.18. The van der Waals surface area contributed by atoms with Gasteiger partial charge < -0.3 is 9.64 Å². The first-order valence-corrected chi connectivity index (χ1v) is 6.82. The molecule has 1 saturated heterocycles. The fraction of sp³-hybridized carbons (Fsp3) is 0.846. The molecule has 0 aromatic heterocycles. The van der Waals surface area contributed by atoms with E-state index in [9.17, 15) is 22.8 Å². The molecule has 20 heavy (non-hydrogen) atoms. The van der Waals surface area contributed by atoms with Gasteiger partial charge in [-0.25, -0.2) is 4.79 Å². The van der Waals surface area contributed by atoms with E-state index in [1.54, 1.807) is 0 Å². The molecule has 0 unspecified atom stereocenters. The number of esters is 1. The van der Waals surface area contributed by atoms with Crippen molar-refractivity contribution in [1.29, 1.82) is 0 Å². The van der Waals surface area contributed by atoms with Crippen LogP contribution in [0.15, 0.2) is 0 Å². The molecular formula is C13H18F3NO3. The summed E-state index contributed by atoms with van der Waals surface area (Å²) >= 11 is 0. The molecule has 1 aliphatic carbocycles. The van der Waals surface area contributed by atoms with Crippen LogP contribution in [-0.2, 0) is 14.3 Å². The number of halogens is 3. The third kappa shape index (κ3) is 3.86. The molecule has 2 fully saturated rings.